The van der Waals surface area contributed by atoms with Crippen molar-refractivity contribution in [2.75, 3.05) is 17.2 Å². The Hall–Kier alpha value is -2.91. The van der Waals surface area contributed by atoms with Gasteiger partial charge in [-0.1, -0.05) is 18.2 Å². The minimum atomic E-state index is -3.93. The summed E-state index contributed by atoms with van der Waals surface area (Å²) in [4.78, 5) is 24.7. The van der Waals surface area contributed by atoms with E-state index in [1.807, 2.05) is 25.1 Å². The van der Waals surface area contributed by atoms with Gasteiger partial charge in [-0.25, -0.2) is 8.42 Å². The maximum Gasteiger partial charge on any atom is 0.265 e. The zero-order valence-corrected chi connectivity index (χ0v) is 17.5. The second kappa shape index (κ2) is 7.73. The zero-order valence-electron chi connectivity index (χ0n) is 16.7. The van der Waals surface area contributed by atoms with Crippen molar-refractivity contribution in [2.24, 2.45) is 0 Å². The molecule has 2 atom stereocenters. The summed E-state index contributed by atoms with van der Waals surface area (Å²) in [6, 6.07) is 10.9. The van der Waals surface area contributed by atoms with Gasteiger partial charge in [-0.3, -0.25) is 9.59 Å². The Kier molecular flexibility index (Phi) is 5.25. The van der Waals surface area contributed by atoms with Crippen molar-refractivity contribution < 1.29 is 22.7 Å². The molecule has 1 saturated heterocycles. The van der Waals surface area contributed by atoms with Crippen LogP contribution < -0.4 is 15.4 Å². The fourth-order valence-electron chi connectivity index (χ4n) is 3.70. The largest absolute Gasteiger partial charge is 0.479 e. The third kappa shape index (κ3) is 3.66. The first kappa shape index (κ1) is 20.4. The van der Waals surface area contributed by atoms with Crippen LogP contribution in [0.4, 0.5) is 11.4 Å². The van der Waals surface area contributed by atoms with Crippen LogP contribution in [0.1, 0.15) is 25.3 Å². The molecule has 158 valence electrons. The summed E-state index contributed by atoms with van der Waals surface area (Å²) in [5.41, 5.74) is 1.87. The Bertz CT molecular complexity index is 1120. The van der Waals surface area contributed by atoms with Crippen molar-refractivity contribution in [2.45, 2.75) is 43.7 Å². The highest BCUT2D eigenvalue weighted by atomic mass is 32.2. The predicted molar refractivity (Wildman–Crippen MR) is 112 cm³/mol. The second-order valence-corrected chi connectivity index (χ2v) is 9.38. The number of hydrogen-bond acceptors (Lipinski definition) is 5. The number of nitrogens with zero attached hydrogens (tertiary/aromatic N) is 1. The molecule has 0 unspecified atom stereocenters. The highest BCUT2D eigenvalue weighted by Gasteiger charge is 2.40. The third-order valence-corrected chi connectivity index (χ3v) is 7.30. The number of rotatable bonds is 4. The number of fused-ring (bicyclic) bond motifs is 1. The van der Waals surface area contributed by atoms with Crippen LogP contribution in [0.2, 0.25) is 0 Å². The van der Waals surface area contributed by atoms with Crippen LogP contribution in [0.5, 0.6) is 5.75 Å². The van der Waals surface area contributed by atoms with Crippen LogP contribution >= 0.6 is 0 Å². The van der Waals surface area contributed by atoms with Crippen molar-refractivity contribution in [3.05, 3.63) is 48.0 Å². The summed E-state index contributed by atoms with van der Waals surface area (Å²) >= 11 is 0. The van der Waals surface area contributed by atoms with Crippen molar-refractivity contribution in [1.29, 1.82) is 0 Å². The van der Waals surface area contributed by atoms with Gasteiger partial charge in [0.2, 0.25) is 15.9 Å². The molecule has 8 nitrogen and oxygen atoms in total. The van der Waals surface area contributed by atoms with Gasteiger partial charge in [0, 0.05) is 12.2 Å². The molecule has 1 fully saturated rings. The Labute approximate surface area is 175 Å². The lowest BCUT2D eigenvalue weighted by Gasteiger charge is -2.26. The van der Waals surface area contributed by atoms with Crippen LogP contribution in [0.3, 0.4) is 0 Å². The molecule has 2 aliphatic heterocycles. The Morgan fingerprint density at radius 1 is 1.23 bits per heavy atom. The molecular formula is C21H23N3O5S. The quantitative estimate of drug-likeness (QED) is 0.777. The molecular weight excluding hydrogens is 406 g/mol. The number of amides is 2. The van der Waals surface area contributed by atoms with E-state index in [1.54, 1.807) is 13.0 Å². The number of anilines is 2. The minimum absolute atomic E-state index is 0.00953. The number of nitrogens with one attached hydrogen (secondary N) is 2. The first-order valence-electron chi connectivity index (χ1n) is 9.77. The van der Waals surface area contributed by atoms with E-state index < -0.39 is 22.2 Å². The zero-order chi connectivity index (χ0) is 21.5. The molecule has 9 heteroatoms. The molecule has 2 aromatic carbocycles. The Morgan fingerprint density at radius 3 is 2.77 bits per heavy atom. The van der Waals surface area contributed by atoms with Crippen LogP contribution in [-0.4, -0.2) is 43.2 Å². The lowest BCUT2D eigenvalue weighted by molar-refractivity contribution is -0.122. The standard InChI is InChI=1S/C21H23N3O5S/c1-13-6-3-4-7-16(13)22-21(26)18-8-5-11-24(18)30(27,28)15-9-10-19-17(12-15)23-20(25)14(2)29-19/h3-4,6-7,9-10,12,14,18H,5,8,11H2,1-2H3,(H,22,26)(H,23,25)/t14-,18+/m0/s1. The van der Waals surface area contributed by atoms with Gasteiger partial charge >= 0.3 is 0 Å². The lowest BCUT2D eigenvalue weighted by atomic mass is 10.1. The summed E-state index contributed by atoms with van der Waals surface area (Å²) in [6.45, 7) is 3.75. The lowest BCUT2D eigenvalue weighted by Crippen LogP contribution is -2.43. The first-order chi connectivity index (χ1) is 14.3. The maximum absolute atomic E-state index is 13.3. The molecule has 30 heavy (non-hydrogen) atoms. The van der Waals surface area contributed by atoms with E-state index in [4.69, 9.17) is 4.74 Å². The SMILES string of the molecule is Cc1ccccc1NC(=O)[C@H]1CCCN1S(=O)(=O)c1ccc2c(c1)NC(=O)[C@H](C)O2. The Morgan fingerprint density at radius 2 is 2.00 bits per heavy atom. The van der Waals surface area contributed by atoms with E-state index >= 15 is 0 Å². The van der Waals surface area contributed by atoms with Crippen molar-refractivity contribution in [3.8, 4) is 5.75 Å². The highest BCUT2D eigenvalue weighted by molar-refractivity contribution is 7.89. The van der Waals surface area contributed by atoms with Gasteiger partial charge < -0.3 is 15.4 Å². The monoisotopic (exact) mass is 429 g/mol. The minimum Gasteiger partial charge on any atom is -0.479 e. The summed E-state index contributed by atoms with van der Waals surface area (Å²) in [6.07, 6.45) is 0.389. The molecule has 2 N–H and O–H groups in total. The molecule has 2 amide bonds. The number of benzene rings is 2. The highest BCUT2D eigenvalue weighted by Crippen LogP contribution is 2.34. The molecule has 0 bridgehead atoms. The number of ether oxygens (including phenoxy) is 1. The number of aryl methyl sites for hydroxylation is 1. The van der Waals surface area contributed by atoms with Gasteiger partial charge in [-0.15, -0.1) is 0 Å². The number of para-hydroxylation sites is 1. The number of carbonyl (C=O) groups is 2. The third-order valence-electron chi connectivity index (χ3n) is 5.40. The van der Waals surface area contributed by atoms with Gasteiger partial charge in [0.05, 0.1) is 10.6 Å². The van der Waals surface area contributed by atoms with E-state index in [0.717, 1.165) is 5.56 Å². The average molecular weight is 429 g/mol. The van der Waals surface area contributed by atoms with Crippen LogP contribution in [0.15, 0.2) is 47.4 Å². The van der Waals surface area contributed by atoms with Crippen LogP contribution in [0.25, 0.3) is 0 Å². The smallest absolute Gasteiger partial charge is 0.265 e. The van der Waals surface area contributed by atoms with Crippen LogP contribution in [-0.2, 0) is 19.6 Å². The Balaban J connectivity index is 1.59. The first-order valence-corrected chi connectivity index (χ1v) is 11.2. The number of hydrogen-bond donors (Lipinski definition) is 2. The molecule has 0 aliphatic carbocycles. The molecule has 0 aromatic heterocycles. The van der Waals surface area contributed by atoms with E-state index in [2.05, 4.69) is 10.6 Å². The predicted octanol–water partition coefficient (Wildman–Crippen LogP) is 2.51. The topological polar surface area (TPSA) is 105 Å². The second-order valence-electron chi connectivity index (χ2n) is 7.49. The van der Waals surface area contributed by atoms with Gasteiger partial charge in [0.25, 0.3) is 5.91 Å². The normalized spacial score (nSPS) is 21.5. The van der Waals surface area contributed by atoms with Crippen molar-refractivity contribution >= 4 is 33.2 Å². The van der Waals surface area contributed by atoms with Crippen molar-refractivity contribution in [1.82, 2.24) is 4.31 Å². The molecule has 4 rings (SSSR count). The van der Waals surface area contributed by atoms with Gasteiger partial charge in [0.15, 0.2) is 6.10 Å². The van der Waals surface area contributed by atoms with Gasteiger partial charge in [0.1, 0.15) is 11.8 Å². The van der Waals surface area contributed by atoms with Gasteiger partial charge in [-0.2, -0.15) is 4.31 Å². The summed E-state index contributed by atoms with van der Waals surface area (Å²) in [7, 11) is -3.93. The fraction of sp³-hybridized carbons (Fsp3) is 0.333. The molecule has 2 heterocycles. The van der Waals surface area contributed by atoms with E-state index in [-0.39, 0.29) is 23.3 Å². The average Bonchev–Trinajstić information content (AvgIpc) is 3.21. The molecule has 0 saturated carbocycles. The van der Waals surface area contributed by atoms with Crippen LogP contribution in [0, 0.1) is 6.92 Å². The summed E-state index contributed by atoms with van der Waals surface area (Å²) in [5, 5.41) is 5.50. The van der Waals surface area contributed by atoms with E-state index in [1.165, 1.54) is 22.5 Å². The number of carbonyl (C=O) groups excluding carboxylic acids is 2. The maximum atomic E-state index is 13.3. The van der Waals surface area contributed by atoms with Gasteiger partial charge in [-0.05, 0) is 56.5 Å². The van der Waals surface area contributed by atoms with E-state index in [9.17, 15) is 18.0 Å². The summed E-state index contributed by atoms with van der Waals surface area (Å²) in [5.74, 6) is -0.279. The molecule has 0 radical (unpaired) electrons. The van der Waals surface area contributed by atoms with Crippen molar-refractivity contribution in [3.63, 3.8) is 0 Å². The molecule has 2 aliphatic rings. The number of sulfonamides is 1. The molecule has 2 aromatic rings. The molecule has 0 spiro atoms. The van der Waals surface area contributed by atoms with E-state index in [0.29, 0.717) is 30.0 Å². The summed E-state index contributed by atoms with van der Waals surface area (Å²) < 4.78 is 33.3. The fourth-order valence-corrected chi connectivity index (χ4v) is 5.39.